The molecule has 4 rings (SSSR count). The lowest BCUT2D eigenvalue weighted by Crippen LogP contribution is -2.30. The van der Waals surface area contributed by atoms with E-state index in [1.54, 1.807) is 30.3 Å². The molecule has 2 aromatic carbocycles. The van der Waals surface area contributed by atoms with Crippen molar-refractivity contribution in [1.29, 1.82) is 0 Å². The largest absolute Gasteiger partial charge is 0.497 e. The summed E-state index contributed by atoms with van der Waals surface area (Å²) in [6.45, 7) is 1.83. The number of nitrogens with zero attached hydrogens (tertiary/aromatic N) is 2. The summed E-state index contributed by atoms with van der Waals surface area (Å²) in [5.74, 6) is 0.168. The minimum absolute atomic E-state index is 0.0170. The third-order valence-corrected chi connectivity index (χ3v) is 4.61. The molecule has 0 amide bonds. The molecule has 0 spiro atoms. The summed E-state index contributed by atoms with van der Waals surface area (Å²) < 4.78 is 6.15. The predicted octanol–water partition coefficient (Wildman–Crippen LogP) is 2.89. The van der Waals surface area contributed by atoms with Crippen LogP contribution in [0.25, 0.3) is 17.3 Å². The van der Waals surface area contributed by atoms with Gasteiger partial charge in [-0.2, -0.15) is 0 Å². The van der Waals surface area contributed by atoms with Gasteiger partial charge in [0, 0.05) is 16.8 Å². The molecule has 140 valence electrons. The fourth-order valence-corrected chi connectivity index (χ4v) is 3.20. The molecule has 0 bridgehead atoms. The van der Waals surface area contributed by atoms with E-state index in [0.717, 1.165) is 27.1 Å². The van der Waals surface area contributed by atoms with Gasteiger partial charge in [0.15, 0.2) is 0 Å². The number of H-pyrrole nitrogens is 1. The first kappa shape index (κ1) is 17.5. The Morgan fingerprint density at radius 2 is 1.82 bits per heavy atom. The van der Waals surface area contributed by atoms with Crippen LogP contribution >= 0.6 is 0 Å². The molecule has 1 aliphatic rings. The number of aromatic nitrogens is 2. The van der Waals surface area contributed by atoms with E-state index < -0.39 is 17.1 Å². The molecule has 0 atom stereocenters. The van der Waals surface area contributed by atoms with Crippen LogP contribution in [0.5, 0.6) is 11.6 Å². The molecule has 1 aliphatic heterocycles. The zero-order chi connectivity index (χ0) is 19.8. The quantitative estimate of drug-likeness (QED) is 0.736. The van der Waals surface area contributed by atoms with Gasteiger partial charge in [0.2, 0.25) is 5.88 Å². The van der Waals surface area contributed by atoms with Crippen molar-refractivity contribution >= 4 is 23.0 Å². The third kappa shape index (κ3) is 2.83. The first-order valence-electron chi connectivity index (χ1n) is 8.59. The van der Waals surface area contributed by atoms with Gasteiger partial charge in [0.05, 0.1) is 18.5 Å². The van der Waals surface area contributed by atoms with Gasteiger partial charge in [-0.25, -0.2) is 9.36 Å². The van der Waals surface area contributed by atoms with Gasteiger partial charge < -0.3 is 9.84 Å². The average molecular weight is 375 g/mol. The third-order valence-electron chi connectivity index (χ3n) is 4.61. The van der Waals surface area contributed by atoms with Crippen LogP contribution in [0.1, 0.15) is 18.1 Å². The van der Waals surface area contributed by atoms with E-state index in [9.17, 15) is 14.7 Å². The molecule has 0 saturated heterocycles. The Kier molecular flexibility index (Phi) is 4.19. The van der Waals surface area contributed by atoms with Gasteiger partial charge in [0.1, 0.15) is 11.3 Å². The molecule has 3 aromatic rings. The zero-order valence-corrected chi connectivity index (χ0v) is 15.3. The molecule has 0 radical (unpaired) electrons. The number of allylic oxidation sites excluding steroid dienone is 1. The van der Waals surface area contributed by atoms with Crippen molar-refractivity contribution < 1.29 is 9.84 Å². The smallest absolute Gasteiger partial charge is 0.335 e. The maximum Gasteiger partial charge on any atom is 0.335 e. The molecular formula is C21H17N3O4. The summed E-state index contributed by atoms with van der Waals surface area (Å²) in [5, 5.41) is 10.8. The number of hydrogen-bond acceptors (Lipinski definition) is 5. The van der Waals surface area contributed by atoms with Crippen molar-refractivity contribution in [3.05, 3.63) is 80.5 Å². The minimum atomic E-state index is -0.730. The maximum atomic E-state index is 12.4. The highest BCUT2D eigenvalue weighted by atomic mass is 16.5. The van der Waals surface area contributed by atoms with Crippen LogP contribution in [0.3, 0.4) is 0 Å². The van der Waals surface area contributed by atoms with Gasteiger partial charge >= 0.3 is 5.69 Å². The summed E-state index contributed by atoms with van der Waals surface area (Å²) in [6.07, 6.45) is 1.55. The van der Waals surface area contributed by atoms with E-state index in [-0.39, 0.29) is 5.56 Å². The number of methoxy groups -OCH3 is 1. The van der Waals surface area contributed by atoms with Crippen molar-refractivity contribution in [3.8, 4) is 17.3 Å². The highest BCUT2D eigenvalue weighted by molar-refractivity contribution is 6.31. The molecular weight excluding hydrogens is 358 g/mol. The Bertz CT molecular complexity index is 1250. The second kappa shape index (κ2) is 6.70. The number of fused-ring (bicyclic) bond motifs is 1. The van der Waals surface area contributed by atoms with E-state index in [4.69, 9.17) is 4.74 Å². The Hall–Kier alpha value is -3.87. The molecule has 7 nitrogen and oxygen atoms in total. The van der Waals surface area contributed by atoms with Crippen molar-refractivity contribution in [3.63, 3.8) is 0 Å². The monoisotopic (exact) mass is 375 g/mol. The van der Waals surface area contributed by atoms with Crippen LogP contribution in [-0.4, -0.2) is 27.5 Å². The van der Waals surface area contributed by atoms with Gasteiger partial charge in [-0.05, 0) is 43.3 Å². The van der Waals surface area contributed by atoms with Gasteiger partial charge in [-0.15, -0.1) is 0 Å². The van der Waals surface area contributed by atoms with E-state index >= 15 is 0 Å². The van der Waals surface area contributed by atoms with Gasteiger partial charge in [-0.3, -0.25) is 14.8 Å². The van der Waals surface area contributed by atoms with E-state index in [1.165, 1.54) is 7.11 Å². The molecule has 28 heavy (non-hydrogen) atoms. The molecule has 0 saturated carbocycles. The molecule has 2 N–H and O–H groups in total. The zero-order valence-electron chi connectivity index (χ0n) is 15.3. The molecule has 0 unspecified atom stereocenters. The van der Waals surface area contributed by atoms with Crippen molar-refractivity contribution in [1.82, 2.24) is 9.55 Å². The SMILES string of the molecule is COc1ccc(-n2c(O)c(/C=C3/C(C)=Nc4ccccc43)c(=O)[nH]c2=O)cc1. The van der Waals surface area contributed by atoms with E-state index in [0.29, 0.717) is 11.4 Å². The van der Waals surface area contributed by atoms with Crippen LogP contribution in [0.4, 0.5) is 5.69 Å². The summed E-state index contributed by atoms with van der Waals surface area (Å²) in [6, 6.07) is 14.1. The summed E-state index contributed by atoms with van der Waals surface area (Å²) in [4.78, 5) is 31.5. The predicted molar refractivity (Wildman–Crippen MR) is 108 cm³/mol. The number of ether oxygens (including phenoxy) is 1. The van der Waals surface area contributed by atoms with Crippen LogP contribution in [0.15, 0.2) is 63.1 Å². The molecule has 0 aliphatic carbocycles. The number of aromatic hydroxyl groups is 1. The lowest BCUT2D eigenvalue weighted by Gasteiger charge is -2.11. The normalized spacial score (nSPS) is 14.1. The number of hydrogen-bond donors (Lipinski definition) is 2. The Morgan fingerprint density at radius 3 is 2.54 bits per heavy atom. The van der Waals surface area contributed by atoms with Crippen molar-refractivity contribution in [2.75, 3.05) is 7.11 Å². The van der Waals surface area contributed by atoms with Crippen LogP contribution in [0.2, 0.25) is 0 Å². The average Bonchev–Trinajstić information content (AvgIpc) is 3.00. The second-order valence-corrected chi connectivity index (χ2v) is 6.30. The summed E-state index contributed by atoms with van der Waals surface area (Å²) in [5.41, 5.74) is 2.09. The fraction of sp³-hybridized carbons (Fsp3) is 0.0952. The molecule has 2 heterocycles. The van der Waals surface area contributed by atoms with E-state index in [1.807, 2.05) is 31.2 Å². The maximum absolute atomic E-state index is 12.4. The first-order valence-corrected chi connectivity index (χ1v) is 8.59. The number of aliphatic imine (C=N–C) groups is 1. The number of para-hydroxylation sites is 1. The highest BCUT2D eigenvalue weighted by Crippen LogP contribution is 2.36. The minimum Gasteiger partial charge on any atom is -0.497 e. The fourth-order valence-electron chi connectivity index (χ4n) is 3.20. The highest BCUT2D eigenvalue weighted by Gasteiger charge is 2.20. The number of nitrogens with one attached hydrogen (secondary N) is 1. The molecule has 0 fully saturated rings. The van der Waals surface area contributed by atoms with Crippen LogP contribution in [-0.2, 0) is 0 Å². The number of aromatic amines is 1. The summed E-state index contributed by atoms with van der Waals surface area (Å²) >= 11 is 0. The lowest BCUT2D eigenvalue weighted by atomic mass is 10.0. The van der Waals surface area contributed by atoms with Crippen molar-refractivity contribution in [2.45, 2.75) is 6.92 Å². The van der Waals surface area contributed by atoms with E-state index in [2.05, 4.69) is 9.98 Å². The van der Waals surface area contributed by atoms with Crippen LogP contribution in [0, 0.1) is 0 Å². The molecule has 7 heteroatoms. The Morgan fingerprint density at radius 1 is 1.11 bits per heavy atom. The van der Waals surface area contributed by atoms with Crippen LogP contribution < -0.4 is 16.0 Å². The Balaban J connectivity index is 1.91. The first-order chi connectivity index (χ1) is 13.5. The Labute approximate surface area is 159 Å². The lowest BCUT2D eigenvalue weighted by molar-refractivity contribution is 0.414. The molecule has 1 aromatic heterocycles. The second-order valence-electron chi connectivity index (χ2n) is 6.30. The summed E-state index contributed by atoms with van der Waals surface area (Å²) in [7, 11) is 1.53. The number of benzene rings is 2. The van der Waals surface area contributed by atoms with Gasteiger partial charge in [-0.1, -0.05) is 18.2 Å². The van der Waals surface area contributed by atoms with Crippen molar-refractivity contribution in [2.24, 2.45) is 4.99 Å². The van der Waals surface area contributed by atoms with Gasteiger partial charge in [0.25, 0.3) is 5.56 Å². The standard InChI is InChI=1S/C21H17N3O4/c1-12-16(15-5-3-4-6-18(15)22-12)11-17-19(25)23-21(27)24(20(17)26)13-7-9-14(28-2)10-8-13/h3-11,26H,1-2H3,(H,23,25,27)/b16-11-. The topological polar surface area (TPSA) is 96.7 Å². The number of rotatable bonds is 3.